The van der Waals surface area contributed by atoms with E-state index < -0.39 is 22.8 Å². The fourth-order valence-corrected chi connectivity index (χ4v) is 4.41. The molecule has 3 heterocycles. The molecule has 0 radical (unpaired) electrons. The van der Waals surface area contributed by atoms with Crippen molar-refractivity contribution >= 4 is 16.9 Å². The third-order valence-electron chi connectivity index (χ3n) is 6.12. The Balaban J connectivity index is 1.67. The molecule has 0 bridgehead atoms. The van der Waals surface area contributed by atoms with Gasteiger partial charge in [0.15, 0.2) is 5.56 Å². The Bertz CT molecular complexity index is 1200. The largest absolute Gasteiger partial charge is 0.506 e. The predicted octanol–water partition coefficient (Wildman–Crippen LogP) is 2.24. The number of hydrogen-bond acceptors (Lipinski definition) is 4. The van der Waals surface area contributed by atoms with Gasteiger partial charge in [0.25, 0.3) is 5.56 Å². The normalized spacial score (nSPS) is 15.9. The molecule has 1 fully saturated rings. The lowest BCUT2D eigenvalue weighted by Crippen LogP contribution is -2.36. The van der Waals surface area contributed by atoms with Crippen LogP contribution in [-0.4, -0.2) is 43.7 Å². The molecule has 2 aliphatic rings. The van der Waals surface area contributed by atoms with Crippen LogP contribution >= 0.6 is 0 Å². The first-order chi connectivity index (χ1) is 13.4. The average Bonchev–Trinajstić information content (AvgIpc) is 2.91. The number of rotatable bonds is 3. The maximum Gasteiger partial charge on any atom is 0.345 e. The predicted molar refractivity (Wildman–Crippen MR) is 105 cm³/mol. The standard InChI is InChI=1S/C21H21N3O4/c1-23-13(10-24-5-2-6-24)7-12-8-15-11(9-16(12)23)3-4-14-18(15)22-20(26)17(19(14)25)21(27)28/h7-9H,2-6,10H2,1H3,(H,27,28)(H2,22,25,26). The van der Waals surface area contributed by atoms with Crippen molar-refractivity contribution < 1.29 is 15.0 Å². The number of aromatic nitrogens is 2. The van der Waals surface area contributed by atoms with Crippen LogP contribution in [-0.2, 0) is 26.4 Å². The zero-order valence-electron chi connectivity index (χ0n) is 15.6. The van der Waals surface area contributed by atoms with Crippen LogP contribution in [0.4, 0.5) is 0 Å². The van der Waals surface area contributed by atoms with Crippen LogP contribution in [0.2, 0.25) is 0 Å². The number of aromatic carboxylic acids is 1. The highest BCUT2D eigenvalue weighted by molar-refractivity contribution is 5.94. The van der Waals surface area contributed by atoms with Gasteiger partial charge in [0, 0.05) is 41.3 Å². The molecular weight excluding hydrogens is 358 g/mol. The maximum absolute atomic E-state index is 12.2. The van der Waals surface area contributed by atoms with E-state index in [-0.39, 0.29) is 0 Å². The Morgan fingerprint density at radius 3 is 2.68 bits per heavy atom. The van der Waals surface area contributed by atoms with E-state index in [1.807, 2.05) is 6.07 Å². The van der Waals surface area contributed by atoms with Gasteiger partial charge < -0.3 is 19.8 Å². The molecule has 0 saturated carbocycles. The minimum Gasteiger partial charge on any atom is -0.506 e. The summed E-state index contributed by atoms with van der Waals surface area (Å²) >= 11 is 0. The highest BCUT2D eigenvalue weighted by Gasteiger charge is 2.27. The molecule has 1 saturated heterocycles. The number of likely N-dealkylation sites (tertiary alicyclic amines) is 1. The van der Waals surface area contributed by atoms with Gasteiger partial charge in [-0.25, -0.2) is 4.79 Å². The molecule has 7 heteroatoms. The molecule has 1 aliphatic carbocycles. The van der Waals surface area contributed by atoms with Gasteiger partial charge >= 0.3 is 5.97 Å². The van der Waals surface area contributed by atoms with E-state index in [2.05, 4.69) is 33.6 Å². The molecule has 0 amide bonds. The number of hydrogen-bond donors (Lipinski definition) is 3. The number of carboxylic acids is 1. The van der Waals surface area contributed by atoms with E-state index in [1.165, 1.54) is 12.1 Å². The molecule has 144 valence electrons. The number of benzene rings is 1. The summed E-state index contributed by atoms with van der Waals surface area (Å²) in [4.78, 5) is 28.7. The summed E-state index contributed by atoms with van der Waals surface area (Å²) in [6, 6.07) is 6.36. The van der Waals surface area contributed by atoms with Crippen LogP contribution in [0.25, 0.3) is 22.2 Å². The van der Waals surface area contributed by atoms with Crippen molar-refractivity contribution in [2.75, 3.05) is 13.1 Å². The van der Waals surface area contributed by atoms with Gasteiger partial charge in [0.05, 0.1) is 5.69 Å². The van der Waals surface area contributed by atoms with E-state index in [9.17, 15) is 19.8 Å². The fraction of sp³-hybridized carbons (Fsp3) is 0.333. The van der Waals surface area contributed by atoms with Crippen molar-refractivity contribution in [2.24, 2.45) is 7.05 Å². The number of fused-ring (bicyclic) bond motifs is 4. The molecule has 1 aromatic carbocycles. The second kappa shape index (κ2) is 5.97. The summed E-state index contributed by atoms with van der Waals surface area (Å²) in [5, 5.41) is 20.7. The van der Waals surface area contributed by atoms with E-state index >= 15 is 0 Å². The molecule has 1 aliphatic heterocycles. The SMILES string of the molecule is Cn1c(CN2CCC2)cc2cc3c(cc21)CCc1c-3[nH]c(=O)c(C(=O)O)c1O. The molecule has 2 aromatic heterocycles. The number of nitrogens with one attached hydrogen (secondary N) is 1. The lowest BCUT2D eigenvalue weighted by Gasteiger charge is -2.30. The molecule has 0 unspecified atom stereocenters. The lowest BCUT2D eigenvalue weighted by atomic mass is 9.87. The zero-order valence-corrected chi connectivity index (χ0v) is 15.6. The first-order valence-electron chi connectivity index (χ1n) is 9.49. The second-order valence-corrected chi connectivity index (χ2v) is 7.73. The summed E-state index contributed by atoms with van der Waals surface area (Å²) in [5.74, 6) is -1.83. The van der Waals surface area contributed by atoms with Crippen molar-refractivity contribution in [1.82, 2.24) is 14.5 Å². The molecule has 7 nitrogen and oxygen atoms in total. The summed E-state index contributed by atoms with van der Waals surface area (Å²) in [5.41, 5.74) is 4.02. The summed E-state index contributed by atoms with van der Waals surface area (Å²) in [6.45, 7) is 3.20. The molecule has 5 rings (SSSR count). The average molecular weight is 379 g/mol. The molecule has 0 atom stereocenters. The number of nitrogens with zero attached hydrogens (tertiary/aromatic N) is 2. The summed E-state index contributed by atoms with van der Waals surface area (Å²) in [6.07, 6.45) is 2.43. The number of H-pyrrole nitrogens is 1. The summed E-state index contributed by atoms with van der Waals surface area (Å²) < 4.78 is 2.22. The van der Waals surface area contributed by atoms with E-state index in [0.717, 1.165) is 41.7 Å². The monoisotopic (exact) mass is 379 g/mol. The Morgan fingerprint density at radius 1 is 1.21 bits per heavy atom. The molecule has 28 heavy (non-hydrogen) atoms. The quantitative estimate of drug-likeness (QED) is 0.648. The number of carboxylic acid groups (broad SMARTS) is 1. The van der Waals surface area contributed by atoms with Crippen molar-refractivity contribution in [3.8, 4) is 17.0 Å². The Hall–Kier alpha value is -3.06. The second-order valence-electron chi connectivity index (χ2n) is 7.73. The summed E-state index contributed by atoms with van der Waals surface area (Å²) in [7, 11) is 2.08. The first kappa shape index (κ1) is 17.1. The third kappa shape index (κ3) is 2.39. The Morgan fingerprint density at radius 2 is 2.00 bits per heavy atom. The van der Waals surface area contributed by atoms with E-state index in [1.54, 1.807) is 0 Å². The smallest absolute Gasteiger partial charge is 0.345 e. The molecular formula is C21H21N3O4. The van der Waals surface area contributed by atoms with Crippen LogP contribution in [0.15, 0.2) is 23.0 Å². The molecule has 3 N–H and O–H groups in total. The number of aromatic hydroxyl groups is 1. The zero-order chi connectivity index (χ0) is 19.6. The topological polar surface area (TPSA) is 98.6 Å². The Labute approximate surface area is 160 Å². The van der Waals surface area contributed by atoms with Crippen LogP contribution in [0, 0.1) is 0 Å². The van der Waals surface area contributed by atoms with Gasteiger partial charge in [-0.05, 0) is 56.1 Å². The van der Waals surface area contributed by atoms with Gasteiger partial charge in [0.1, 0.15) is 5.75 Å². The third-order valence-corrected chi connectivity index (χ3v) is 6.12. The van der Waals surface area contributed by atoms with Crippen LogP contribution < -0.4 is 5.56 Å². The van der Waals surface area contributed by atoms with Gasteiger partial charge in [-0.1, -0.05) is 0 Å². The number of aryl methyl sites for hydroxylation is 2. The minimum atomic E-state index is -1.42. The highest BCUT2D eigenvalue weighted by atomic mass is 16.4. The molecule has 3 aromatic rings. The Kier molecular flexibility index (Phi) is 3.64. The molecule has 0 spiro atoms. The van der Waals surface area contributed by atoms with Gasteiger partial charge in [-0.2, -0.15) is 0 Å². The number of carbonyl (C=O) groups is 1. The van der Waals surface area contributed by atoms with Crippen LogP contribution in [0.3, 0.4) is 0 Å². The fourth-order valence-electron chi connectivity index (χ4n) is 4.41. The first-order valence-corrected chi connectivity index (χ1v) is 9.49. The van der Waals surface area contributed by atoms with Gasteiger partial charge in [-0.3, -0.25) is 9.69 Å². The van der Waals surface area contributed by atoms with Gasteiger partial charge in [-0.15, -0.1) is 0 Å². The van der Waals surface area contributed by atoms with Crippen LogP contribution in [0.5, 0.6) is 5.75 Å². The van der Waals surface area contributed by atoms with Crippen molar-refractivity contribution in [2.45, 2.75) is 25.8 Å². The maximum atomic E-state index is 12.2. The van der Waals surface area contributed by atoms with E-state index in [4.69, 9.17) is 0 Å². The highest BCUT2D eigenvalue weighted by Crippen LogP contribution is 2.39. The van der Waals surface area contributed by atoms with Crippen LogP contribution in [0.1, 0.15) is 33.6 Å². The lowest BCUT2D eigenvalue weighted by molar-refractivity contribution is 0.0691. The van der Waals surface area contributed by atoms with Crippen molar-refractivity contribution in [3.63, 3.8) is 0 Å². The van der Waals surface area contributed by atoms with Gasteiger partial charge in [0.2, 0.25) is 0 Å². The minimum absolute atomic E-state index is 0.413. The van der Waals surface area contributed by atoms with Crippen molar-refractivity contribution in [3.05, 3.63) is 50.9 Å². The van der Waals surface area contributed by atoms with Crippen molar-refractivity contribution in [1.29, 1.82) is 0 Å². The number of aromatic amines is 1. The number of pyridine rings is 1. The van der Waals surface area contributed by atoms with E-state index in [0.29, 0.717) is 24.1 Å².